The summed E-state index contributed by atoms with van der Waals surface area (Å²) in [7, 11) is 0. The first-order valence-electron chi connectivity index (χ1n) is 8.02. The van der Waals surface area contributed by atoms with Crippen LogP contribution in [0.25, 0.3) is 12.2 Å². The monoisotopic (exact) mass is 352 g/mol. The summed E-state index contributed by atoms with van der Waals surface area (Å²) in [5.41, 5.74) is 0.843. The molecule has 26 heavy (non-hydrogen) atoms. The summed E-state index contributed by atoms with van der Waals surface area (Å²) in [6.45, 7) is 6.77. The van der Waals surface area contributed by atoms with Crippen molar-refractivity contribution in [2.75, 3.05) is 0 Å². The lowest BCUT2D eigenvalue weighted by molar-refractivity contribution is -0.143. The third kappa shape index (κ3) is 6.62. The first-order valence-corrected chi connectivity index (χ1v) is 8.02. The van der Waals surface area contributed by atoms with Crippen LogP contribution in [-0.4, -0.2) is 24.1 Å². The van der Waals surface area contributed by atoms with E-state index in [2.05, 4.69) is 0 Å². The zero-order valence-corrected chi connectivity index (χ0v) is 15.1. The summed E-state index contributed by atoms with van der Waals surface area (Å²) in [4.78, 5) is 23.7. The molecular weight excluding hydrogens is 332 g/mol. The Kier molecular flexibility index (Phi) is 7.79. The molecule has 1 aromatic carbocycles. The number of nitriles is 2. The zero-order valence-electron chi connectivity index (χ0n) is 15.1. The normalized spacial score (nSPS) is 11.7. The number of ether oxygens (including phenoxy) is 2. The van der Waals surface area contributed by atoms with E-state index in [1.807, 2.05) is 12.1 Å². The minimum absolute atomic E-state index is 0.139. The van der Waals surface area contributed by atoms with E-state index >= 15 is 0 Å². The Balaban J connectivity index is 3.14. The highest BCUT2D eigenvalue weighted by atomic mass is 16.5. The Morgan fingerprint density at radius 1 is 0.885 bits per heavy atom. The van der Waals surface area contributed by atoms with Gasteiger partial charge < -0.3 is 9.47 Å². The average Bonchev–Trinajstić information content (AvgIpc) is 2.56. The smallest absolute Gasteiger partial charge is 0.349 e. The Hall–Kier alpha value is -3.38. The highest BCUT2D eigenvalue weighted by molar-refractivity contribution is 5.99. The summed E-state index contributed by atoms with van der Waals surface area (Å²) < 4.78 is 10.0. The number of carbonyl (C=O) groups is 2. The highest BCUT2D eigenvalue weighted by Gasteiger charge is 2.14. The zero-order chi connectivity index (χ0) is 19.7. The third-order valence-corrected chi connectivity index (χ3v) is 2.90. The predicted molar refractivity (Wildman–Crippen MR) is 96.1 cm³/mol. The van der Waals surface area contributed by atoms with Crippen molar-refractivity contribution in [3.05, 3.63) is 46.5 Å². The van der Waals surface area contributed by atoms with Gasteiger partial charge in [-0.1, -0.05) is 18.2 Å². The van der Waals surface area contributed by atoms with Gasteiger partial charge in [-0.25, -0.2) is 9.59 Å². The molecule has 0 N–H and O–H groups in total. The van der Waals surface area contributed by atoms with Crippen molar-refractivity contribution in [1.29, 1.82) is 10.5 Å². The molecule has 0 aliphatic rings. The molecule has 0 fully saturated rings. The van der Waals surface area contributed by atoms with Crippen molar-refractivity contribution in [1.82, 2.24) is 0 Å². The van der Waals surface area contributed by atoms with Crippen molar-refractivity contribution in [2.45, 2.75) is 39.9 Å². The molecule has 134 valence electrons. The van der Waals surface area contributed by atoms with E-state index in [9.17, 15) is 9.59 Å². The number of rotatable bonds is 6. The topological polar surface area (TPSA) is 100 Å². The fourth-order valence-electron chi connectivity index (χ4n) is 1.90. The number of esters is 2. The molecule has 1 rings (SSSR count). The van der Waals surface area contributed by atoms with E-state index in [0.717, 1.165) is 0 Å². The first-order chi connectivity index (χ1) is 12.3. The minimum Gasteiger partial charge on any atom is -0.459 e. The standard InChI is InChI=1S/C20H20N2O4/c1-13(2)25-19(23)17(11-21)9-15-6-5-7-16(8-15)10-18(12-22)20(24)26-14(3)4/h5-10,13-14H,1-4H3/b17-9+,18-10+. The lowest BCUT2D eigenvalue weighted by Crippen LogP contribution is -2.13. The van der Waals surface area contributed by atoms with E-state index < -0.39 is 11.9 Å². The highest BCUT2D eigenvalue weighted by Crippen LogP contribution is 2.15. The van der Waals surface area contributed by atoms with E-state index in [-0.39, 0.29) is 23.4 Å². The van der Waals surface area contributed by atoms with Crippen LogP contribution < -0.4 is 0 Å². The molecule has 0 atom stereocenters. The van der Waals surface area contributed by atoms with Gasteiger partial charge in [0.2, 0.25) is 0 Å². The summed E-state index contributed by atoms with van der Waals surface area (Å²) >= 11 is 0. The molecule has 0 radical (unpaired) electrons. The van der Waals surface area contributed by atoms with Crippen LogP contribution in [-0.2, 0) is 19.1 Å². The van der Waals surface area contributed by atoms with E-state index in [0.29, 0.717) is 11.1 Å². The molecule has 0 saturated heterocycles. The maximum absolute atomic E-state index is 11.9. The van der Waals surface area contributed by atoms with Crippen LogP contribution in [0, 0.1) is 22.7 Å². The summed E-state index contributed by atoms with van der Waals surface area (Å²) in [5.74, 6) is -1.41. The Labute approximate surface area is 152 Å². The number of hydrogen-bond donors (Lipinski definition) is 0. The van der Waals surface area contributed by atoms with Crippen molar-refractivity contribution >= 4 is 24.1 Å². The molecule has 6 heteroatoms. The van der Waals surface area contributed by atoms with Crippen LogP contribution in [0.3, 0.4) is 0 Å². The van der Waals surface area contributed by atoms with Crippen molar-refractivity contribution in [3.63, 3.8) is 0 Å². The fraction of sp³-hybridized carbons (Fsp3) is 0.300. The fourth-order valence-corrected chi connectivity index (χ4v) is 1.90. The number of benzene rings is 1. The Morgan fingerprint density at radius 2 is 1.27 bits per heavy atom. The second-order valence-corrected chi connectivity index (χ2v) is 5.92. The molecule has 0 aromatic heterocycles. The van der Waals surface area contributed by atoms with Crippen LogP contribution in [0.2, 0.25) is 0 Å². The molecule has 0 saturated carbocycles. The molecule has 0 aliphatic heterocycles. The summed E-state index contributed by atoms with van der Waals surface area (Å²) in [6, 6.07) is 10.3. The van der Waals surface area contributed by atoms with E-state index in [1.54, 1.807) is 52.0 Å². The van der Waals surface area contributed by atoms with Crippen LogP contribution in [0.4, 0.5) is 0 Å². The van der Waals surface area contributed by atoms with Gasteiger partial charge in [0.25, 0.3) is 0 Å². The maximum Gasteiger partial charge on any atom is 0.349 e. The van der Waals surface area contributed by atoms with Crippen LogP contribution in [0.5, 0.6) is 0 Å². The van der Waals surface area contributed by atoms with Gasteiger partial charge in [-0.2, -0.15) is 10.5 Å². The average molecular weight is 352 g/mol. The lowest BCUT2D eigenvalue weighted by atomic mass is 10.1. The van der Waals surface area contributed by atoms with E-state index in [1.165, 1.54) is 12.2 Å². The second-order valence-electron chi connectivity index (χ2n) is 5.92. The molecule has 0 spiro atoms. The Morgan fingerprint density at radius 3 is 1.58 bits per heavy atom. The van der Waals surface area contributed by atoms with Gasteiger partial charge in [0, 0.05) is 0 Å². The van der Waals surface area contributed by atoms with Crippen molar-refractivity contribution in [2.24, 2.45) is 0 Å². The van der Waals surface area contributed by atoms with Crippen LogP contribution in [0.15, 0.2) is 35.4 Å². The van der Waals surface area contributed by atoms with Gasteiger partial charge in [-0.15, -0.1) is 0 Å². The maximum atomic E-state index is 11.9. The quantitative estimate of drug-likeness (QED) is 0.442. The predicted octanol–water partition coefficient (Wildman–Crippen LogP) is 3.40. The first kappa shape index (κ1) is 20.7. The van der Waals surface area contributed by atoms with Gasteiger partial charge in [0.05, 0.1) is 12.2 Å². The molecule has 0 amide bonds. The van der Waals surface area contributed by atoms with E-state index in [4.69, 9.17) is 20.0 Å². The molecule has 0 unspecified atom stereocenters. The van der Waals surface area contributed by atoms with Crippen LogP contribution >= 0.6 is 0 Å². The van der Waals surface area contributed by atoms with Gasteiger partial charge in [-0.05, 0) is 57.0 Å². The third-order valence-electron chi connectivity index (χ3n) is 2.90. The van der Waals surface area contributed by atoms with Crippen LogP contribution in [0.1, 0.15) is 38.8 Å². The number of carbonyl (C=O) groups excluding carboxylic acids is 2. The molecule has 1 aromatic rings. The summed E-state index contributed by atoms with van der Waals surface area (Å²) in [5, 5.41) is 18.3. The largest absolute Gasteiger partial charge is 0.459 e. The van der Waals surface area contributed by atoms with Crippen molar-refractivity contribution < 1.29 is 19.1 Å². The lowest BCUT2D eigenvalue weighted by Gasteiger charge is -2.07. The molecule has 0 bridgehead atoms. The second kappa shape index (κ2) is 9.80. The molecule has 0 aliphatic carbocycles. The Bertz CT molecular complexity index is 756. The molecule has 6 nitrogen and oxygen atoms in total. The summed E-state index contributed by atoms with van der Waals surface area (Å²) in [6.07, 6.45) is 2.11. The molecule has 0 heterocycles. The minimum atomic E-state index is -0.707. The number of nitrogens with zero attached hydrogens (tertiary/aromatic N) is 2. The van der Waals surface area contributed by atoms with Gasteiger partial charge in [-0.3, -0.25) is 0 Å². The SMILES string of the molecule is CC(C)OC(=O)/C(C#N)=C/c1cccc(/C=C(\C#N)C(=O)OC(C)C)c1. The number of hydrogen-bond acceptors (Lipinski definition) is 6. The van der Waals surface area contributed by atoms with Gasteiger partial charge in [0.1, 0.15) is 23.3 Å². The molecular formula is C20H20N2O4. The van der Waals surface area contributed by atoms with Gasteiger partial charge >= 0.3 is 11.9 Å². The van der Waals surface area contributed by atoms with Crippen molar-refractivity contribution in [3.8, 4) is 12.1 Å². The van der Waals surface area contributed by atoms with Gasteiger partial charge in [0.15, 0.2) is 0 Å².